The number of aryl methyl sites for hydroxylation is 2. The molecule has 0 radical (unpaired) electrons. The highest BCUT2D eigenvalue weighted by Gasteiger charge is 2.12. The van der Waals surface area contributed by atoms with Crippen molar-refractivity contribution in [3.8, 4) is 0 Å². The molecule has 0 aliphatic carbocycles. The van der Waals surface area contributed by atoms with Crippen LogP contribution in [0.2, 0.25) is 0 Å². The summed E-state index contributed by atoms with van der Waals surface area (Å²) in [5.41, 5.74) is 10.3. The quantitative estimate of drug-likeness (QED) is 0.804. The van der Waals surface area contributed by atoms with Crippen LogP contribution in [0.5, 0.6) is 0 Å². The van der Waals surface area contributed by atoms with E-state index in [9.17, 15) is 0 Å². The van der Waals surface area contributed by atoms with E-state index in [2.05, 4.69) is 45.9 Å². The Morgan fingerprint density at radius 1 is 1.12 bits per heavy atom. The summed E-state index contributed by atoms with van der Waals surface area (Å²) in [7, 11) is 0. The summed E-state index contributed by atoms with van der Waals surface area (Å²) in [6, 6.07) is 7.02. The molecule has 0 fully saturated rings. The number of nitrogens with two attached hydrogens (primary N) is 1. The first kappa shape index (κ1) is 13.2. The van der Waals surface area contributed by atoms with Crippen LogP contribution < -0.4 is 5.73 Å². The molecule has 2 unspecified atom stereocenters. The first-order valence-corrected chi connectivity index (χ1v) is 6.35. The minimum absolute atomic E-state index is 0.293. The highest BCUT2D eigenvalue weighted by atomic mass is 14.6. The Morgan fingerprint density at radius 2 is 1.69 bits per heavy atom. The molecule has 0 aliphatic rings. The lowest BCUT2D eigenvalue weighted by molar-refractivity contribution is 0.420. The van der Waals surface area contributed by atoms with Gasteiger partial charge >= 0.3 is 0 Å². The van der Waals surface area contributed by atoms with E-state index in [4.69, 9.17) is 5.73 Å². The Morgan fingerprint density at radius 3 is 2.19 bits per heavy atom. The molecule has 0 saturated heterocycles. The van der Waals surface area contributed by atoms with E-state index in [0.717, 1.165) is 6.42 Å². The zero-order valence-electron chi connectivity index (χ0n) is 11.1. The third-order valence-electron chi connectivity index (χ3n) is 3.23. The highest BCUT2D eigenvalue weighted by molar-refractivity contribution is 5.29. The molecule has 1 heteroatoms. The number of rotatable bonds is 5. The first-order valence-electron chi connectivity index (χ1n) is 6.35. The molecule has 16 heavy (non-hydrogen) atoms. The number of hydrogen-bond acceptors (Lipinski definition) is 1. The molecule has 0 saturated carbocycles. The Labute approximate surface area is 100 Å². The molecular weight excluding hydrogens is 194 g/mol. The maximum absolute atomic E-state index is 6.24. The lowest BCUT2D eigenvalue weighted by atomic mass is 9.91. The summed E-state index contributed by atoms with van der Waals surface area (Å²) in [6.45, 7) is 8.78. The largest absolute Gasteiger partial charge is 0.327 e. The van der Waals surface area contributed by atoms with Gasteiger partial charge in [-0.1, -0.05) is 49.6 Å². The summed E-state index contributed by atoms with van der Waals surface area (Å²) >= 11 is 0. The van der Waals surface area contributed by atoms with Crippen LogP contribution in [0, 0.1) is 19.8 Å². The van der Waals surface area contributed by atoms with Crippen molar-refractivity contribution in [2.24, 2.45) is 11.7 Å². The molecule has 90 valence electrons. The summed E-state index contributed by atoms with van der Waals surface area (Å²) in [5.74, 6) is 0.616. The Hall–Kier alpha value is -0.820. The van der Waals surface area contributed by atoms with Crippen LogP contribution in [0.3, 0.4) is 0 Å². The maximum Gasteiger partial charge on any atom is 0.0105 e. The fourth-order valence-corrected chi connectivity index (χ4v) is 2.33. The van der Waals surface area contributed by atoms with Gasteiger partial charge in [0.1, 0.15) is 0 Å². The Bertz CT molecular complexity index is 310. The second-order valence-electron chi connectivity index (χ2n) is 5.13. The van der Waals surface area contributed by atoms with E-state index in [1.54, 1.807) is 0 Å². The molecule has 2 N–H and O–H groups in total. The van der Waals surface area contributed by atoms with Crippen molar-refractivity contribution in [1.82, 2.24) is 0 Å². The molecule has 0 aliphatic heterocycles. The summed E-state index contributed by atoms with van der Waals surface area (Å²) in [6.07, 6.45) is 3.46. The van der Waals surface area contributed by atoms with Crippen LogP contribution in [0.15, 0.2) is 18.2 Å². The van der Waals surface area contributed by atoms with Crippen molar-refractivity contribution in [2.45, 2.75) is 53.0 Å². The van der Waals surface area contributed by atoms with Gasteiger partial charge < -0.3 is 5.73 Å². The van der Waals surface area contributed by atoms with Gasteiger partial charge in [0.25, 0.3) is 0 Å². The van der Waals surface area contributed by atoms with Crippen molar-refractivity contribution >= 4 is 0 Å². The monoisotopic (exact) mass is 219 g/mol. The summed E-state index contributed by atoms with van der Waals surface area (Å²) in [4.78, 5) is 0. The van der Waals surface area contributed by atoms with Gasteiger partial charge in [0.05, 0.1) is 0 Å². The van der Waals surface area contributed by atoms with E-state index in [1.807, 2.05) is 0 Å². The summed E-state index contributed by atoms with van der Waals surface area (Å²) in [5, 5.41) is 0. The second kappa shape index (κ2) is 6.05. The van der Waals surface area contributed by atoms with Crippen molar-refractivity contribution in [1.29, 1.82) is 0 Å². The van der Waals surface area contributed by atoms with Crippen LogP contribution in [0.25, 0.3) is 0 Å². The highest BCUT2D eigenvalue weighted by Crippen LogP contribution is 2.16. The van der Waals surface area contributed by atoms with Crippen molar-refractivity contribution in [2.75, 3.05) is 0 Å². The van der Waals surface area contributed by atoms with E-state index in [0.29, 0.717) is 12.0 Å². The summed E-state index contributed by atoms with van der Waals surface area (Å²) < 4.78 is 0. The van der Waals surface area contributed by atoms with Gasteiger partial charge in [-0.25, -0.2) is 0 Å². The lowest BCUT2D eigenvalue weighted by Gasteiger charge is -2.19. The maximum atomic E-state index is 6.24. The normalized spacial score (nSPS) is 14.8. The first-order chi connectivity index (χ1) is 7.52. The topological polar surface area (TPSA) is 26.0 Å². The van der Waals surface area contributed by atoms with Crippen molar-refractivity contribution < 1.29 is 0 Å². The van der Waals surface area contributed by atoms with Crippen molar-refractivity contribution in [3.05, 3.63) is 34.9 Å². The molecule has 0 aromatic heterocycles. The fraction of sp³-hybridized carbons (Fsp3) is 0.600. The van der Waals surface area contributed by atoms with E-state index in [-0.39, 0.29) is 0 Å². The van der Waals surface area contributed by atoms with Crippen LogP contribution in [0.4, 0.5) is 0 Å². The van der Waals surface area contributed by atoms with Gasteiger partial charge in [0, 0.05) is 6.04 Å². The fourth-order valence-electron chi connectivity index (χ4n) is 2.33. The average molecular weight is 219 g/mol. The molecule has 1 rings (SSSR count). The van der Waals surface area contributed by atoms with Crippen LogP contribution in [-0.4, -0.2) is 6.04 Å². The third kappa shape index (κ3) is 3.97. The number of hydrogen-bond donors (Lipinski definition) is 1. The molecule has 1 aromatic rings. The molecule has 0 heterocycles. The van der Waals surface area contributed by atoms with Crippen LogP contribution in [-0.2, 0) is 6.42 Å². The molecule has 1 aromatic carbocycles. The van der Waals surface area contributed by atoms with E-state index >= 15 is 0 Å². The Kier molecular flexibility index (Phi) is 5.01. The molecule has 2 atom stereocenters. The van der Waals surface area contributed by atoms with Gasteiger partial charge in [0.2, 0.25) is 0 Å². The smallest absolute Gasteiger partial charge is 0.0105 e. The minimum atomic E-state index is 0.293. The molecule has 1 nitrogen and oxygen atoms in total. The Balaban J connectivity index is 2.65. The lowest BCUT2D eigenvalue weighted by Crippen LogP contribution is -2.30. The minimum Gasteiger partial charge on any atom is -0.327 e. The van der Waals surface area contributed by atoms with Crippen LogP contribution in [0.1, 0.15) is 43.4 Å². The molecular formula is C15H25N. The van der Waals surface area contributed by atoms with Gasteiger partial charge in [-0.15, -0.1) is 0 Å². The van der Waals surface area contributed by atoms with Crippen molar-refractivity contribution in [3.63, 3.8) is 0 Å². The van der Waals surface area contributed by atoms with Gasteiger partial charge in [-0.3, -0.25) is 0 Å². The van der Waals surface area contributed by atoms with Gasteiger partial charge in [-0.2, -0.15) is 0 Å². The predicted molar refractivity (Wildman–Crippen MR) is 71.7 cm³/mol. The second-order valence-corrected chi connectivity index (χ2v) is 5.13. The average Bonchev–Trinajstić information content (AvgIpc) is 2.16. The molecule has 0 bridgehead atoms. The zero-order chi connectivity index (χ0) is 12.1. The van der Waals surface area contributed by atoms with Gasteiger partial charge in [0.15, 0.2) is 0 Å². The van der Waals surface area contributed by atoms with E-state index in [1.165, 1.54) is 29.5 Å². The third-order valence-corrected chi connectivity index (χ3v) is 3.23. The van der Waals surface area contributed by atoms with E-state index < -0.39 is 0 Å². The van der Waals surface area contributed by atoms with Gasteiger partial charge in [-0.05, 0) is 38.2 Å². The number of benzene rings is 1. The standard InChI is InChI=1S/C15H25N/c1-5-6-13(4)15(16)10-14-8-11(2)7-12(3)9-14/h7-9,13,15H,5-6,10,16H2,1-4H3. The SMILES string of the molecule is CCCC(C)C(N)Cc1cc(C)cc(C)c1. The molecule has 0 amide bonds. The zero-order valence-corrected chi connectivity index (χ0v) is 11.1. The van der Waals surface area contributed by atoms with Crippen LogP contribution >= 0.6 is 0 Å². The molecule has 0 spiro atoms. The predicted octanol–water partition coefficient (Wildman–Crippen LogP) is 3.61.